The summed E-state index contributed by atoms with van der Waals surface area (Å²) in [6, 6.07) is 3.68. The molecular formula is C19H22ClFN6OS. The van der Waals surface area contributed by atoms with Crippen molar-refractivity contribution in [2.45, 2.75) is 25.5 Å². The first-order chi connectivity index (χ1) is 13.9. The number of benzene rings is 1. The topological polar surface area (TPSA) is 84.7 Å². The lowest BCUT2D eigenvalue weighted by Crippen LogP contribution is -2.27. The van der Waals surface area contributed by atoms with Gasteiger partial charge in [-0.15, -0.1) is 0 Å². The normalized spacial score (nSPS) is 11.2. The summed E-state index contributed by atoms with van der Waals surface area (Å²) in [6.07, 6.45) is 3.64. The first kappa shape index (κ1) is 21.3. The molecule has 0 aliphatic rings. The minimum absolute atomic E-state index is 0.0743. The Kier molecular flexibility index (Phi) is 6.92. The van der Waals surface area contributed by atoms with Crippen LogP contribution in [0.25, 0.3) is 11.0 Å². The van der Waals surface area contributed by atoms with Crippen molar-refractivity contribution in [1.29, 1.82) is 0 Å². The predicted octanol–water partition coefficient (Wildman–Crippen LogP) is 3.84. The molecule has 0 bridgehead atoms. The Morgan fingerprint density at radius 3 is 2.83 bits per heavy atom. The highest BCUT2D eigenvalue weighted by Crippen LogP contribution is 2.23. The number of anilines is 1. The molecule has 0 atom stereocenters. The van der Waals surface area contributed by atoms with Gasteiger partial charge in [0.05, 0.1) is 28.7 Å². The number of halogens is 2. The van der Waals surface area contributed by atoms with Crippen molar-refractivity contribution < 1.29 is 9.18 Å². The molecule has 2 aromatic heterocycles. The highest BCUT2D eigenvalue weighted by atomic mass is 35.5. The fourth-order valence-electron chi connectivity index (χ4n) is 2.67. The number of hydrogen-bond donors (Lipinski definition) is 2. The molecular weight excluding hydrogens is 415 g/mol. The number of nitrogens with one attached hydrogen (secondary N) is 2. The third-order valence-electron chi connectivity index (χ3n) is 4.12. The summed E-state index contributed by atoms with van der Waals surface area (Å²) in [5.74, 6) is 0.369. The van der Waals surface area contributed by atoms with Gasteiger partial charge in [0.15, 0.2) is 10.8 Å². The van der Waals surface area contributed by atoms with Crippen molar-refractivity contribution >= 4 is 46.1 Å². The summed E-state index contributed by atoms with van der Waals surface area (Å²) in [5.41, 5.74) is 0.926. The Balaban J connectivity index is 1.73. The second kappa shape index (κ2) is 9.41. The van der Waals surface area contributed by atoms with E-state index in [1.54, 1.807) is 10.9 Å². The molecule has 3 rings (SSSR count). The van der Waals surface area contributed by atoms with Crippen LogP contribution in [0.2, 0.25) is 5.02 Å². The zero-order chi connectivity index (χ0) is 21.0. The summed E-state index contributed by atoms with van der Waals surface area (Å²) >= 11 is 7.39. The molecule has 2 heterocycles. The van der Waals surface area contributed by atoms with Crippen molar-refractivity contribution in [3.05, 3.63) is 40.8 Å². The first-order valence-electron chi connectivity index (χ1n) is 9.13. The van der Waals surface area contributed by atoms with E-state index in [4.69, 9.17) is 11.6 Å². The molecule has 0 spiro atoms. The van der Waals surface area contributed by atoms with Crippen LogP contribution < -0.4 is 10.6 Å². The lowest BCUT2D eigenvalue weighted by atomic mass is 10.2. The van der Waals surface area contributed by atoms with E-state index in [0.717, 1.165) is 23.8 Å². The number of nitrogens with zero attached hydrogens (tertiary/aromatic N) is 4. The van der Waals surface area contributed by atoms with Crippen LogP contribution >= 0.6 is 23.4 Å². The van der Waals surface area contributed by atoms with Crippen LogP contribution in [0.15, 0.2) is 29.6 Å². The second-order valence-corrected chi connectivity index (χ2v) is 8.00. The molecule has 2 N–H and O–H groups in total. The summed E-state index contributed by atoms with van der Waals surface area (Å²) in [6.45, 7) is 5.78. The summed E-state index contributed by atoms with van der Waals surface area (Å²) in [7, 11) is 0. The smallest absolute Gasteiger partial charge is 0.252 e. The number of thioether (sulfide) groups is 1. The highest BCUT2D eigenvalue weighted by Gasteiger charge is 2.14. The zero-order valence-electron chi connectivity index (χ0n) is 16.4. The standard InChI is InChI=1S/C19H22ClFN6OS/c1-11(2)9-23-16-14-10-24-27(17(14)26-19(25-16)29-3)7-6-22-18(28)13-5-4-12(21)8-15(13)20/h4-5,8,10-11H,6-7,9H2,1-3H3,(H,22,28)(H,23,25,26). The minimum Gasteiger partial charge on any atom is -0.369 e. The van der Waals surface area contributed by atoms with Gasteiger partial charge in [0, 0.05) is 13.1 Å². The third kappa shape index (κ3) is 5.16. The number of amides is 1. The maximum absolute atomic E-state index is 13.1. The largest absolute Gasteiger partial charge is 0.369 e. The Bertz CT molecular complexity index is 1030. The van der Waals surface area contributed by atoms with E-state index in [9.17, 15) is 9.18 Å². The van der Waals surface area contributed by atoms with E-state index in [1.807, 2.05) is 6.26 Å². The van der Waals surface area contributed by atoms with E-state index in [2.05, 4.69) is 39.5 Å². The van der Waals surface area contributed by atoms with Gasteiger partial charge in [0.25, 0.3) is 5.91 Å². The van der Waals surface area contributed by atoms with Crippen molar-refractivity contribution in [3.8, 4) is 0 Å². The van der Waals surface area contributed by atoms with E-state index < -0.39 is 5.82 Å². The average Bonchev–Trinajstić information content (AvgIpc) is 3.08. The van der Waals surface area contributed by atoms with Crippen molar-refractivity contribution in [2.24, 2.45) is 5.92 Å². The van der Waals surface area contributed by atoms with Gasteiger partial charge in [-0.3, -0.25) is 4.79 Å². The lowest BCUT2D eigenvalue weighted by Gasteiger charge is -2.11. The molecule has 0 saturated heterocycles. The summed E-state index contributed by atoms with van der Waals surface area (Å²) < 4.78 is 14.9. The predicted molar refractivity (Wildman–Crippen MR) is 114 cm³/mol. The van der Waals surface area contributed by atoms with E-state index in [1.165, 1.54) is 23.9 Å². The van der Waals surface area contributed by atoms with Crippen LogP contribution in [-0.2, 0) is 6.54 Å². The van der Waals surface area contributed by atoms with Crippen LogP contribution in [0.3, 0.4) is 0 Å². The average molecular weight is 437 g/mol. The molecule has 10 heteroatoms. The molecule has 0 radical (unpaired) electrons. The maximum atomic E-state index is 13.1. The number of carbonyl (C=O) groups excluding carboxylic acids is 1. The number of carbonyl (C=O) groups is 1. The summed E-state index contributed by atoms with van der Waals surface area (Å²) in [4.78, 5) is 21.4. The molecule has 154 valence electrons. The molecule has 0 fully saturated rings. The quantitative estimate of drug-likeness (QED) is 0.412. The van der Waals surface area contributed by atoms with Crippen LogP contribution in [0, 0.1) is 11.7 Å². The lowest BCUT2D eigenvalue weighted by molar-refractivity contribution is 0.0952. The Hall–Kier alpha value is -2.39. The molecule has 1 aromatic carbocycles. The van der Waals surface area contributed by atoms with Crippen molar-refractivity contribution in [1.82, 2.24) is 25.1 Å². The number of hydrogen-bond acceptors (Lipinski definition) is 6. The van der Waals surface area contributed by atoms with E-state index in [0.29, 0.717) is 29.8 Å². The molecule has 29 heavy (non-hydrogen) atoms. The SMILES string of the molecule is CSc1nc(NCC(C)C)c2cnn(CCNC(=O)c3ccc(F)cc3Cl)c2n1. The molecule has 0 aliphatic heterocycles. The monoisotopic (exact) mass is 436 g/mol. The number of rotatable bonds is 8. The van der Waals surface area contributed by atoms with Gasteiger partial charge in [-0.1, -0.05) is 37.2 Å². The molecule has 1 amide bonds. The molecule has 0 unspecified atom stereocenters. The fraction of sp³-hybridized carbons (Fsp3) is 0.368. The Morgan fingerprint density at radius 2 is 2.14 bits per heavy atom. The fourth-order valence-corrected chi connectivity index (χ4v) is 3.28. The number of fused-ring (bicyclic) bond motifs is 1. The molecule has 0 saturated carbocycles. The van der Waals surface area contributed by atoms with Crippen molar-refractivity contribution in [2.75, 3.05) is 24.7 Å². The van der Waals surface area contributed by atoms with Gasteiger partial charge in [-0.2, -0.15) is 5.10 Å². The van der Waals surface area contributed by atoms with Crippen LogP contribution in [-0.4, -0.2) is 45.0 Å². The van der Waals surface area contributed by atoms with Crippen molar-refractivity contribution in [3.63, 3.8) is 0 Å². The minimum atomic E-state index is -0.485. The summed E-state index contributed by atoms with van der Waals surface area (Å²) in [5, 5.41) is 12.1. The van der Waals surface area contributed by atoms with Gasteiger partial charge in [0.2, 0.25) is 0 Å². The number of aromatic nitrogens is 4. The van der Waals surface area contributed by atoms with Gasteiger partial charge in [0.1, 0.15) is 11.6 Å². The van der Waals surface area contributed by atoms with Crippen LogP contribution in [0.4, 0.5) is 10.2 Å². The van der Waals surface area contributed by atoms with E-state index >= 15 is 0 Å². The van der Waals surface area contributed by atoms with Gasteiger partial charge < -0.3 is 10.6 Å². The Labute approximate surface area is 177 Å². The Morgan fingerprint density at radius 1 is 1.34 bits per heavy atom. The zero-order valence-corrected chi connectivity index (χ0v) is 17.9. The second-order valence-electron chi connectivity index (χ2n) is 6.82. The highest BCUT2D eigenvalue weighted by molar-refractivity contribution is 7.98. The third-order valence-corrected chi connectivity index (χ3v) is 4.98. The van der Waals surface area contributed by atoms with Gasteiger partial charge >= 0.3 is 0 Å². The maximum Gasteiger partial charge on any atom is 0.252 e. The van der Waals surface area contributed by atoms with Gasteiger partial charge in [-0.05, 0) is 30.4 Å². The molecule has 0 aliphatic carbocycles. The first-order valence-corrected chi connectivity index (χ1v) is 10.7. The van der Waals surface area contributed by atoms with Gasteiger partial charge in [-0.25, -0.2) is 19.0 Å². The molecule has 7 nitrogen and oxygen atoms in total. The van der Waals surface area contributed by atoms with Crippen LogP contribution in [0.5, 0.6) is 0 Å². The van der Waals surface area contributed by atoms with E-state index in [-0.39, 0.29) is 16.5 Å². The molecule has 3 aromatic rings. The van der Waals surface area contributed by atoms with Crippen LogP contribution in [0.1, 0.15) is 24.2 Å².